The van der Waals surface area contributed by atoms with Gasteiger partial charge in [-0.15, -0.1) is 9.42 Å². The molecule has 1 aliphatic heterocycles. The van der Waals surface area contributed by atoms with E-state index in [2.05, 4.69) is 20.3 Å². The number of benzene rings is 1. The van der Waals surface area contributed by atoms with E-state index in [4.69, 9.17) is 9.26 Å². The molecule has 168 valence electrons. The van der Waals surface area contributed by atoms with Gasteiger partial charge in [-0.1, -0.05) is 25.1 Å². The molecule has 5 atom stereocenters. The van der Waals surface area contributed by atoms with Gasteiger partial charge in [0, 0.05) is 16.0 Å². The molecule has 0 spiro atoms. The monoisotopic (exact) mass is 460 g/mol. The smallest absolute Gasteiger partial charge is 0.393 e. The van der Waals surface area contributed by atoms with Gasteiger partial charge in [0.15, 0.2) is 23.1 Å². The van der Waals surface area contributed by atoms with Crippen LogP contribution >= 0.6 is 8.25 Å². The molecule has 0 radical (unpaired) electrons. The summed E-state index contributed by atoms with van der Waals surface area (Å²) in [5.41, 5.74) is 0.0351. The van der Waals surface area contributed by atoms with Crippen LogP contribution < -0.4 is 5.32 Å². The van der Waals surface area contributed by atoms with Crippen molar-refractivity contribution in [1.29, 1.82) is 0 Å². The first-order chi connectivity index (χ1) is 15.4. The van der Waals surface area contributed by atoms with E-state index in [9.17, 15) is 19.4 Å². The Morgan fingerprint density at radius 2 is 2.06 bits per heavy atom. The summed E-state index contributed by atoms with van der Waals surface area (Å²) in [7, 11) is -2.90. The van der Waals surface area contributed by atoms with E-state index in [1.165, 1.54) is 12.7 Å². The lowest BCUT2D eigenvalue weighted by Gasteiger charge is -2.24. The van der Waals surface area contributed by atoms with Crippen molar-refractivity contribution >= 4 is 31.1 Å². The minimum absolute atomic E-state index is 0.241. The first kappa shape index (κ1) is 22.4. The molecule has 1 fully saturated rings. The molecule has 0 bridgehead atoms. The number of rotatable bonds is 7. The van der Waals surface area contributed by atoms with Gasteiger partial charge in [-0.05, 0) is 25.5 Å². The number of hydrogen-bond acceptors (Lipinski definition) is 8. The number of carbonyl (C=O) groups is 1. The number of fused-ring (bicyclic) bond motifs is 1. The average molecular weight is 460 g/mol. The molecular weight excluding hydrogens is 437 g/mol. The quantitative estimate of drug-likeness (QED) is 0.452. The van der Waals surface area contributed by atoms with Gasteiger partial charge < -0.3 is 15.2 Å². The van der Waals surface area contributed by atoms with Gasteiger partial charge in [0.05, 0.1) is 12.9 Å². The van der Waals surface area contributed by atoms with E-state index >= 15 is 0 Å². The van der Waals surface area contributed by atoms with Gasteiger partial charge in [0.25, 0.3) is 5.91 Å². The Labute approximate surface area is 184 Å². The van der Waals surface area contributed by atoms with Crippen LogP contribution in [0.5, 0.6) is 0 Å². The molecule has 3 N–H and O–H groups in total. The Hall–Kier alpha value is -2.82. The number of hydrogen-bond donors (Lipinski definition) is 3. The van der Waals surface area contributed by atoms with Crippen LogP contribution in [0.3, 0.4) is 0 Å². The van der Waals surface area contributed by atoms with E-state index in [-0.39, 0.29) is 17.6 Å². The summed E-state index contributed by atoms with van der Waals surface area (Å²) in [4.78, 5) is 34.7. The standard InChI is InChI=1S/C20H22N5O6P/c1-3-13-15(31-32(28)29)20(2,9-26)30-19(13)25-11-23-14-16(21-10-22-17(14)25)24-18(27)12-7-5-4-6-8-12/h4-8,10-11,13,15,19,26H,3,9H2,1-2H3,(H-,21,22,24,27,28,29)/p+1/t13-,15+,19-,20?/m1/s1. The first-order valence-corrected chi connectivity index (χ1v) is 11.2. The lowest BCUT2D eigenvalue weighted by Crippen LogP contribution is -2.42. The third-order valence-electron chi connectivity index (χ3n) is 5.64. The van der Waals surface area contributed by atoms with E-state index in [1.54, 1.807) is 35.8 Å². The number of anilines is 1. The predicted octanol–water partition coefficient (Wildman–Crippen LogP) is 2.42. The predicted molar refractivity (Wildman–Crippen MR) is 114 cm³/mol. The van der Waals surface area contributed by atoms with Gasteiger partial charge in [0.2, 0.25) is 0 Å². The molecule has 1 saturated heterocycles. The second kappa shape index (κ2) is 8.97. The molecule has 3 aromatic rings. The summed E-state index contributed by atoms with van der Waals surface area (Å²) < 4.78 is 24.4. The molecule has 12 heteroatoms. The van der Waals surface area contributed by atoms with Crippen molar-refractivity contribution in [1.82, 2.24) is 19.5 Å². The Morgan fingerprint density at radius 1 is 1.31 bits per heavy atom. The number of aliphatic hydroxyl groups is 1. The highest BCUT2D eigenvalue weighted by Crippen LogP contribution is 2.47. The van der Waals surface area contributed by atoms with E-state index in [0.717, 1.165) is 0 Å². The van der Waals surface area contributed by atoms with Crippen molar-refractivity contribution < 1.29 is 28.6 Å². The SMILES string of the molecule is CC[C@H]1[C@H](n2cnc3c(NC(=O)c4ccccc4)ncnc32)OC(C)(CO)[C@H]1O[P+](=O)O. The fraction of sp³-hybridized carbons (Fsp3) is 0.400. The Bertz CT molecular complexity index is 1140. The number of nitrogens with zero attached hydrogens (tertiary/aromatic N) is 4. The summed E-state index contributed by atoms with van der Waals surface area (Å²) in [6, 6.07) is 8.71. The molecule has 1 amide bonds. The van der Waals surface area contributed by atoms with Crippen LogP contribution in [0.4, 0.5) is 5.82 Å². The van der Waals surface area contributed by atoms with Gasteiger partial charge >= 0.3 is 8.25 Å². The minimum atomic E-state index is -2.90. The van der Waals surface area contributed by atoms with Crippen LogP contribution in [-0.2, 0) is 13.8 Å². The maximum Gasteiger partial charge on any atom is 0.695 e. The summed E-state index contributed by atoms with van der Waals surface area (Å²) in [6.45, 7) is 3.11. The Kier molecular flexibility index (Phi) is 6.27. The molecule has 32 heavy (non-hydrogen) atoms. The molecule has 3 heterocycles. The van der Waals surface area contributed by atoms with Crippen molar-refractivity contribution in [2.75, 3.05) is 11.9 Å². The summed E-state index contributed by atoms with van der Waals surface area (Å²) in [5, 5.41) is 12.7. The number of aliphatic hydroxyl groups excluding tert-OH is 1. The van der Waals surface area contributed by atoms with Gasteiger partial charge in [0.1, 0.15) is 18.2 Å². The second-order valence-corrected chi connectivity index (χ2v) is 8.37. The summed E-state index contributed by atoms with van der Waals surface area (Å²) >= 11 is 0. The minimum Gasteiger partial charge on any atom is -0.393 e. The van der Waals surface area contributed by atoms with Gasteiger partial charge in [-0.25, -0.2) is 15.0 Å². The van der Waals surface area contributed by atoms with E-state index in [0.29, 0.717) is 23.1 Å². The average Bonchev–Trinajstić information content (AvgIpc) is 3.34. The van der Waals surface area contributed by atoms with E-state index < -0.39 is 32.8 Å². The zero-order valence-corrected chi connectivity index (χ0v) is 18.3. The maximum atomic E-state index is 12.6. The molecule has 11 nitrogen and oxygen atoms in total. The Morgan fingerprint density at radius 3 is 2.72 bits per heavy atom. The number of amides is 1. The second-order valence-electron chi connectivity index (χ2n) is 7.68. The number of aromatic nitrogens is 4. The van der Waals surface area contributed by atoms with Gasteiger partial charge in [-0.2, -0.15) is 0 Å². The number of imidazole rings is 1. The topological polar surface area (TPSA) is 149 Å². The lowest BCUT2D eigenvalue weighted by molar-refractivity contribution is -0.111. The van der Waals surface area contributed by atoms with Crippen LogP contribution in [0.2, 0.25) is 0 Å². The van der Waals surface area contributed by atoms with Crippen LogP contribution in [0.15, 0.2) is 43.0 Å². The lowest BCUT2D eigenvalue weighted by atomic mass is 9.90. The van der Waals surface area contributed by atoms with Crippen molar-refractivity contribution in [3.8, 4) is 0 Å². The van der Waals surface area contributed by atoms with Crippen LogP contribution in [-0.4, -0.2) is 53.7 Å². The third-order valence-corrected chi connectivity index (χ3v) is 6.04. The van der Waals surface area contributed by atoms with Crippen LogP contribution in [0.25, 0.3) is 11.2 Å². The van der Waals surface area contributed by atoms with Crippen molar-refractivity contribution in [3.05, 3.63) is 48.5 Å². The molecule has 1 aromatic carbocycles. The van der Waals surface area contributed by atoms with Crippen molar-refractivity contribution in [2.45, 2.75) is 38.2 Å². The third kappa shape index (κ3) is 4.01. The molecular formula is C20H23N5O6P+. The fourth-order valence-corrected chi connectivity index (χ4v) is 4.60. The highest BCUT2D eigenvalue weighted by atomic mass is 31.1. The summed E-state index contributed by atoms with van der Waals surface area (Å²) in [5.74, 6) is -0.463. The zero-order chi connectivity index (χ0) is 22.9. The fourth-order valence-electron chi connectivity index (χ4n) is 4.02. The highest BCUT2D eigenvalue weighted by molar-refractivity contribution is 7.32. The van der Waals surface area contributed by atoms with Crippen molar-refractivity contribution in [2.24, 2.45) is 5.92 Å². The Balaban J connectivity index is 1.69. The first-order valence-electron chi connectivity index (χ1n) is 10.0. The normalized spacial score (nSPS) is 25.8. The maximum absolute atomic E-state index is 12.6. The molecule has 2 unspecified atom stereocenters. The number of nitrogens with one attached hydrogen (secondary N) is 1. The molecule has 2 aromatic heterocycles. The number of ether oxygens (including phenoxy) is 1. The van der Waals surface area contributed by atoms with Gasteiger partial charge in [-0.3, -0.25) is 9.36 Å². The molecule has 0 saturated carbocycles. The highest BCUT2D eigenvalue weighted by Gasteiger charge is 2.56. The van der Waals surface area contributed by atoms with Crippen LogP contribution in [0.1, 0.15) is 36.9 Å². The molecule has 1 aliphatic rings. The molecule has 0 aliphatic carbocycles. The van der Waals surface area contributed by atoms with Crippen molar-refractivity contribution in [3.63, 3.8) is 0 Å². The summed E-state index contributed by atoms with van der Waals surface area (Å²) in [6.07, 6.45) is 1.85. The largest absolute Gasteiger partial charge is 0.695 e. The van der Waals surface area contributed by atoms with E-state index in [1.807, 2.05) is 13.0 Å². The number of carbonyl (C=O) groups excluding carboxylic acids is 1. The van der Waals surface area contributed by atoms with Crippen LogP contribution in [0, 0.1) is 5.92 Å². The zero-order valence-electron chi connectivity index (χ0n) is 17.5. The molecule has 4 rings (SSSR count).